The van der Waals surface area contributed by atoms with Crippen molar-refractivity contribution in [2.45, 2.75) is 19.9 Å². The number of nitrogens with one attached hydrogen (secondary N) is 1. The van der Waals surface area contributed by atoms with Gasteiger partial charge >= 0.3 is 0 Å². The van der Waals surface area contributed by atoms with Crippen LogP contribution >= 0.6 is 27.3 Å². The minimum Gasteiger partial charge on any atom is -0.349 e. The fraction of sp³-hybridized carbons (Fsp3) is 0.545. The van der Waals surface area contributed by atoms with Gasteiger partial charge in [-0.1, -0.05) is 0 Å². The second-order valence-electron chi connectivity index (χ2n) is 3.88. The number of rotatable bonds is 5. The van der Waals surface area contributed by atoms with E-state index in [1.54, 1.807) is 30.3 Å². The van der Waals surface area contributed by atoms with Crippen LogP contribution in [0.3, 0.4) is 0 Å². The van der Waals surface area contributed by atoms with Crippen molar-refractivity contribution in [3.8, 4) is 0 Å². The van der Waals surface area contributed by atoms with Gasteiger partial charge in [-0.2, -0.15) is 0 Å². The van der Waals surface area contributed by atoms with Crippen LogP contribution < -0.4 is 5.32 Å². The molecular formula is C11H17BrN2OS. The molecule has 3 nitrogen and oxygen atoms in total. The molecule has 0 radical (unpaired) electrons. The highest BCUT2D eigenvalue weighted by atomic mass is 79.9. The Morgan fingerprint density at radius 1 is 1.56 bits per heavy atom. The van der Waals surface area contributed by atoms with Gasteiger partial charge in [0.1, 0.15) is 0 Å². The zero-order chi connectivity index (χ0) is 12.1. The Kier molecular flexibility index (Phi) is 5.44. The van der Waals surface area contributed by atoms with E-state index in [0.717, 1.165) is 13.1 Å². The predicted molar refractivity (Wildman–Crippen MR) is 71.8 cm³/mol. The third-order valence-electron chi connectivity index (χ3n) is 2.22. The second-order valence-corrected chi connectivity index (χ2v) is 6.34. The van der Waals surface area contributed by atoms with E-state index in [9.17, 15) is 4.79 Å². The lowest BCUT2D eigenvalue weighted by atomic mass is 10.3. The molecule has 1 aromatic rings. The summed E-state index contributed by atoms with van der Waals surface area (Å²) in [5.74, 6) is 0.163. The van der Waals surface area contributed by atoms with E-state index in [1.165, 1.54) is 14.2 Å². The Labute approximate surface area is 109 Å². The summed E-state index contributed by atoms with van der Waals surface area (Å²) in [6.45, 7) is 3.64. The van der Waals surface area contributed by atoms with E-state index in [2.05, 4.69) is 34.2 Å². The standard InChI is InChI=1S/C11H17BrN2OS/c1-8-6-9(16-11(8)12)7-13-5-4-10(15)14(2)3/h6,13H,4-5,7H2,1-3H3. The summed E-state index contributed by atoms with van der Waals surface area (Å²) in [6, 6.07) is 2.16. The molecule has 0 saturated heterocycles. The molecule has 1 rings (SSSR count). The van der Waals surface area contributed by atoms with Crippen molar-refractivity contribution < 1.29 is 4.79 Å². The highest BCUT2D eigenvalue weighted by Crippen LogP contribution is 2.26. The van der Waals surface area contributed by atoms with Crippen LogP contribution in [-0.4, -0.2) is 31.4 Å². The minimum absolute atomic E-state index is 0.163. The Morgan fingerprint density at radius 2 is 2.25 bits per heavy atom. The van der Waals surface area contributed by atoms with Crippen LogP contribution in [-0.2, 0) is 11.3 Å². The van der Waals surface area contributed by atoms with Gasteiger partial charge in [0.15, 0.2) is 0 Å². The van der Waals surface area contributed by atoms with Crippen LogP contribution in [0.15, 0.2) is 9.85 Å². The molecule has 0 aliphatic rings. The van der Waals surface area contributed by atoms with Gasteiger partial charge in [-0.15, -0.1) is 11.3 Å². The quantitative estimate of drug-likeness (QED) is 0.847. The van der Waals surface area contributed by atoms with Gasteiger partial charge in [-0.05, 0) is 34.5 Å². The van der Waals surface area contributed by atoms with Crippen molar-refractivity contribution >= 4 is 33.2 Å². The van der Waals surface area contributed by atoms with Gasteiger partial charge in [0.05, 0.1) is 3.79 Å². The second kappa shape index (κ2) is 6.37. The molecule has 0 aliphatic carbocycles. The summed E-state index contributed by atoms with van der Waals surface area (Å²) in [7, 11) is 3.56. The summed E-state index contributed by atoms with van der Waals surface area (Å²) in [4.78, 5) is 14.2. The largest absolute Gasteiger partial charge is 0.349 e. The first-order valence-corrected chi connectivity index (χ1v) is 6.77. The number of thiophene rings is 1. The van der Waals surface area contributed by atoms with E-state index in [1.807, 2.05) is 0 Å². The zero-order valence-corrected chi connectivity index (χ0v) is 12.2. The van der Waals surface area contributed by atoms with Gasteiger partial charge < -0.3 is 10.2 Å². The molecule has 0 atom stereocenters. The molecule has 0 fully saturated rings. The van der Waals surface area contributed by atoms with Gasteiger partial charge in [-0.3, -0.25) is 4.79 Å². The summed E-state index contributed by atoms with van der Waals surface area (Å²) in [5.41, 5.74) is 1.27. The fourth-order valence-electron chi connectivity index (χ4n) is 1.24. The highest BCUT2D eigenvalue weighted by Gasteiger charge is 2.04. The van der Waals surface area contributed by atoms with Crippen LogP contribution in [0.5, 0.6) is 0 Å². The van der Waals surface area contributed by atoms with E-state index in [4.69, 9.17) is 0 Å². The molecular weight excluding hydrogens is 288 g/mol. The Morgan fingerprint density at radius 3 is 2.75 bits per heavy atom. The van der Waals surface area contributed by atoms with Crippen LogP contribution in [0.1, 0.15) is 16.9 Å². The molecule has 16 heavy (non-hydrogen) atoms. The number of hydrogen-bond donors (Lipinski definition) is 1. The number of halogens is 1. The van der Waals surface area contributed by atoms with Gasteiger partial charge in [0.2, 0.25) is 5.91 Å². The molecule has 0 saturated carbocycles. The van der Waals surface area contributed by atoms with Crippen LogP contribution in [0.25, 0.3) is 0 Å². The van der Waals surface area contributed by atoms with Crippen LogP contribution in [0, 0.1) is 6.92 Å². The summed E-state index contributed by atoms with van der Waals surface area (Å²) < 4.78 is 1.19. The molecule has 0 aromatic carbocycles. The van der Waals surface area contributed by atoms with Crippen molar-refractivity contribution in [3.63, 3.8) is 0 Å². The first-order valence-electron chi connectivity index (χ1n) is 5.16. The average molecular weight is 305 g/mol. The first-order chi connectivity index (χ1) is 7.50. The smallest absolute Gasteiger partial charge is 0.223 e. The topological polar surface area (TPSA) is 32.3 Å². The van der Waals surface area contributed by atoms with Crippen molar-refractivity contribution in [1.29, 1.82) is 0 Å². The third-order valence-corrected chi connectivity index (χ3v) is 4.36. The van der Waals surface area contributed by atoms with E-state index in [0.29, 0.717) is 6.42 Å². The molecule has 5 heteroatoms. The normalized spacial score (nSPS) is 10.5. The van der Waals surface area contributed by atoms with Crippen LogP contribution in [0.4, 0.5) is 0 Å². The SMILES string of the molecule is Cc1cc(CNCCC(=O)N(C)C)sc1Br. The lowest BCUT2D eigenvalue weighted by Crippen LogP contribution is -2.26. The molecule has 0 spiro atoms. The Balaban J connectivity index is 2.23. The maximum absolute atomic E-state index is 11.3. The molecule has 1 aromatic heterocycles. The molecule has 1 N–H and O–H groups in total. The predicted octanol–water partition coefficient (Wildman–Crippen LogP) is 2.39. The Hall–Kier alpha value is -0.390. The zero-order valence-electron chi connectivity index (χ0n) is 9.84. The molecule has 90 valence electrons. The molecule has 0 bridgehead atoms. The molecule has 1 heterocycles. The first kappa shape index (κ1) is 13.7. The molecule has 0 aliphatic heterocycles. The number of carbonyl (C=O) groups is 1. The third kappa shape index (κ3) is 4.23. The monoisotopic (exact) mass is 304 g/mol. The molecule has 1 amide bonds. The lowest BCUT2D eigenvalue weighted by Gasteiger charge is -2.09. The summed E-state index contributed by atoms with van der Waals surface area (Å²) in [6.07, 6.45) is 0.554. The Bertz CT molecular complexity index is 343. The van der Waals surface area contributed by atoms with E-state index in [-0.39, 0.29) is 5.91 Å². The fourth-order valence-corrected chi connectivity index (χ4v) is 2.84. The van der Waals surface area contributed by atoms with E-state index >= 15 is 0 Å². The number of aryl methyl sites for hydroxylation is 1. The van der Waals surface area contributed by atoms with Crippen molar-refractivity contribution in [1.82, 2.24) is 10.2 Å². The maximum Gasteiger partial charge on any atom is 0.223 e. The van der Waals surface area contributed by atoms with Crippen molar-refractivity contribution in [2.24, 2.45) is 0 Å². The van der Waals surface area contributed by atoms with Crippen LogP contribution in [0.2, 0.25) is 0 Å². The lowest BCUT2D eigenvalue weighted by molar-refractivity contribution is -0.128. The minimum atomic E-state index is 0.163. The summed E-state index contributed by atoms with van der Waals surface area (Å²) in [5, 5.41) is 3.27. The summed E-state index contributed by atoms with van der Waals surface area (Å²) >= 11 is 5.24. The van der Waals surface area contributed by atoms with Gasteiger partial charge in [0, 0.05) is 38.5 Å². The number of amides is 1. The van der Waals surface area contributed by atoms with Gasteiger partial charge in [-0.25, -0.2) is 0 Å². The average Bonchev–Trinajstić information content (AvgIpc) is 2.53. The van der Waals surface area contributed by atoms with Gasteiger partial charge in [0.25, 0.3) is 0 Å². The maximum atomic E-state index is 11.3. The van der Waals surface area contributed by atoms with Crippen molar-refractivity contribution in [3.05, 3.63) is 20.3 Å². The van der Waals surface area contributed by atoms with E-state index < -0.39 is 0 Å². The molecule has 0 unspecified atom stereocenters. The number of nitrogens with zero attached hydrogens (tertiary/aromatic N) is 1. The highest BCUT2D eigenvalue weighted by molar-refractivity contribution is 9.11. The number of hydrogen-bond acceptors (Lipinski definition) is 3. The number of carbonyl (C=O) groups excluding carboxylic acids is 1. The van der Waals surface area contributed by atoms with Crippen molar-refractivity contribution in [2.75, 3.05) is 20.6 Å².